The van der Waals surface area contributed by atoms with E-state index in [1.807, 2.05) is 24.3 Å². The Morgan fingerprint density at radius 3 is 2.73 bits per heavy atom. The lowest BCUT2D eigenvalue weighted by atomic mass is 9.81. The van der Waals surface area contributed by atoms with Crippen LogP contribution in [0.2, 0.25) is 0 Å². The van der Waals surface area contributed by atoms with E-state index in [4.69, 9.17) is 9.84 Å². The van der Waals surface area contributed by atoms with Gasteiger partial charge in [0.2, 0.25) is 5.91 Å². The number of para-hydroxylation sites is 1. The van der Waals surface area contributed by atoms with Crippen LogP contribution in [0.25, 0.3) is 0 Å². The van der Waals surface area contributed by atoms with Gasteiger partial charge in [0.25, 0.3) is 0 Å². The summed E-state index contributed by atoms with van der Waals surface area (Å²) in [6, 6.07) is 7.70. The third-order valence-corrected chi connectivity index (χ3v) is 4.67. The molecule has 0 radical (unpaired) electrons. The quantitative estimate of drug-likeness (QED) is 0.899. The number of carbonyl (C=O) groups excluding carboxylic acids is 1. The first kappa shape index (κ1) is 14.9. The Kier molecular flexibility index (Phi) is 4.32. The summed E-state index contributed by atoms with van der Waals surface area (Å²) in [6.45, 7) is 0.588. The van der Waals surface area contributed by atoms with Crippen molar-refractivity contribution in [3.63, 3.8) is 0 Å². The number of carbonyl (C=O) groups is 2. The van der Waals surface area contributed by atoms with Crippen LogP contribution in [0.5, 0.6) is 5.75 Å². The van der Waals surface area contributed by atoms with Crippen molar-refractivity contribution < 1.29 is 19.4 Å². The second-order valence-corrected chi connectivity index (χ2v) is 6.13. The minimum absolute atomic E-state index is 0.0207. The molecule has 3 rings (SSSR count). The van der Waals surface area contributed by atoms with Crippen molar-refractivity contribution in [3.05, 3.63) is 29.8 Å². The number of carboxylic acid groups (broad SMARTS) is 1. The molecule has 1 aromatic rings. The molecule has 1 aliphatic carbocycles. The molecule has 5 heteroatoms. The average molecular weight is 303 g/mol. The fourth-order valence-corrected chi connectivity index (χ4v) is 3.43. The Balaban J connectivity index is 1.66. The number of hydrogen-bond acceptors (Lipinski definition) is 3. The predicted molar refractivity (Wildman–Crippen MR) is 80.5 cm³/mol. The molecule has 2 N–H and O–H groups in total. The SMILES string of the molecule is O=C(O)C1CCCC(C(=O)NC2CCOc3ccccc32)C1. The third-order valence-electron chi connectivity index (χ3n) is 4.67. The number of ether oxygens (including phenoxy) is 1. The molecule has 118 valence electrons. The molecule has 1 aromatic carbocycles. The molecule has 0 bridgehead atoms. The van der Waals surface area contributed by atoms with Gasteiger partial charge in [-0.25, -0.2) is 0 Å². The standard InChI is InChI=1S/C17H21NO4/c19-16(11-4-3-5-12(10-11)17(20)21)18-14-8-9-22-15-7-2-1-6-13(14)15/h1-2,6-7,11-12,14H,3-5,8-10H2,(H,18,19)(H,20,21). The fraction of sp³-hybridized carbons (Fsp3) is 0.529. The number of benzene rings is 1. The van der Waals surface area contributed by atoms with Gasteiger partial charge in [-0.05, 0) is 25.3 Å². The highest BCUT2D eigenvalue weighted by Crippen LogP contribution is 2.33. The van der Waals surface area contributed by atoms with Gasteiger partial charge in [0, 0.05) is 17.9 Å². The lowest BCUT2D eigenvalue weighted by Gasteiger charge is -2.30. The fourth-order valence-electron chi connectivity index (χ4n) is 3.43. The molecule has 0 aromatic heterocycles. The number of fused-ring (bicyclic) bond motifs is 1. The Labute approximate surface area is 129 Å². The van der Waals surface area contributed by atoms with Gasteiger partial charge < -0.3 is 15.2 Å². The molecule has 22 heavy (non-hydrogen) atoms. The van der Waals surface area contributed by atoms with Gasteiger partial charge in [-0.1, -0.05) is 24.6 Å². The first-order chi connectivity index (χ1) is 10.6. The maximum absolute atomic E-state index is 12.5. The highest BCUT2D eigenvalue weighted by molar-refractivity contribution is 5.80. The largest absolute Gasteiger partial charge is 0.493 e. The average Bonchev–Trinajstić information content (AvgIpc) is 2.55. The monoisotopic (exact) mass is 303 g/mol. The molecular weight excluding hydrogens is 282 g/mol. The van der Waals surface area contributed by atoms with E-state index in [0.29, 0.717) is 19.4 Å². The van der Waals surface area contributed by atoms with Crippen LogP contribution in [0.1, 0.15) is 43.7 Å². The van der Waals surface area contributed by atoms with Crippen LogP contribution >= 0.6 is 0 Å². The highest BCUT2D eigenvalue weighted by atomic mass is 16.5. The first-order valence-electron chi connectivity index (χ1n) is 7.90. The second kappa shape index (κ2) is 6.38. The van der Waals surface area contributed by atoms with Crippen LogP contribution in [-0.4, -0.2) is 23.6 Å². The zero-order valence-electron chi connectivity index (χ0n) is 12.5. The van der Waals surface area contributed by atoms with E-state index in [9.17, 15) is 9.59 Å². The summed E-state index contributed by atoms with van der Waals surface area (Å²) in [5.41, 5.74) is 1.01. The van der Waals surface area contributed by atoms with Crippen molar-refractivity contribution in [3.8, 4) is 5.75 Å². The molecule has 5 nitrogen and oxygen atoms in total. The Hall–Kier alpha value is -2.04. The van der Waals surface area contributed by atoms with Crippen molar-refractivity contribution in [1.82, 2.24) is 5.32 Å². The summed E-state index contributed by atoms with van der Waals surface area (Å²) in [5, 5.41) is 12.2. The van der Waals surface area contributed by atoms with Crippen molar-refractivity contribution in [2.45, 2.75) is 38.1 Å². The van der Waals surface area contributed by atoms with Crippen molar-refractivity contribution >= 4 is 11.9 Å². The van der Waals surface area contributed by atoms with Gasteiger partial charge in [-0.2, -0.15) is 0 Å². The molecule has 1 saturated carbocycles. The van der Waals surface area contributed by atoms with Crippen molar-refractivity contribution in [2.75, 3.05) is 6.61 Å². The highest BCUT2D eigenvalue weighted by Gasteiger charge is 2.32. The van der Waals surface area contributed by atoms with Crippen LogP contribution in [0.3, 0.4) is 0 Å². The molecule has 1 heterocycles. The predicted octanol–water partition coefficient (Wildman–Crippen LogP) is 2.52. The number of nitrogens with one attached hydrogen (secondary N) is 1. The first-order valence-corrected chi connectivity index (χ1v) is 7.90. The van der Waals surface area contributed by atoms with Gasteiger partial charge in [-0.15, -0.1) is 0 Å². The van der Waals surface area contributed by atoms with Crippen LogP contribution in [0.15, 0.2) is 24.3 Å². The third kappa shape index (κ3) is 3.08. The number of aliphatic carboxylic acids is 1. The molecule has 3 unspecified atom stereocenters. The molecule has 1 fully saturated rings. The Bertz CT molecular complexity index is 572. The van der Waals surface area contributed by atoms with Gasteiger partial charge in [0.1, 0.15) is 5.75 Å². The summed E-state index contributed by atoms with van der Waals surface area (Å²) in [7, 11) is 0. The van der Waals surface area contributed by atoms with Gasteiger partial charge in [0.15, 0.2) is 0 Å². The molecule has 1 aliphatic heterocycles. The van der Waals surface area contributed by atoms with Crippen LogP contribution in [-0.2, 0) is 9.59 Å². The molecule has 3 atom stereocenters. The van der Waals surface area contributed by atoms with Crippen LogP contribution in [0.4, 0.5) is 0 Å². The summed E-state index contributed by atoms with van der Waals surface area (Å²) in [5.74, 6) is -0.552. The lowest BCUT2D eigenvalue weighted by Crippen LogP contribution is -2.39. The zero-order valence-corrected chi connectivity index (χ0v) is 12.5. The maximum atomic E-state index is 12.5. The normalized spacial score (nSPS) is 27.4. The smallest absolute Gasteiger partial charge is 0.306 e. The Morgan fingerprint density at radius 2 is 1.91 bits per heavy atom. The Morgan fingerprint density at radius 1 is 1.14 bits per heavy atom. The van der Waals surface area contributed by atoms with E-state index in [1.165, 1.54) is 0 Å². The minimum atomic E-state index is -0.783. The van der Waals surface area contributed by atoms with Gasteiger partial charge in [0.05, 0.1) is 18.6 Å². The van der Waals surface area contributed by atoms with Gasteiger partial charge >= 0.3 is 5.97 Å². The number of carboxylic acids is 1. The molecule has 0 saturated heterocycles. The summed E-state index contributed by atoms with van der Waals surface area (Å²) in [4.78, 5) is 23.6. The summed E-state index contributed by atoms with van der Waals surface area (Å²) >= 11 is 0. The zero-order chi connectivity index (χ0) is 15.5. The van der Waals surface area contributed by atoms with E-state index in [1.54, 1.807) is 0 Å². The van der Waals surface area contributed by atoms with Crippen molar-refractivity contribution in [1.29, 1.82) is 0 Å². The molecule has 1 amide bonds. The molecular formula is C17H21NO4. The minimum Gasteiger partial charge on any atom is -0.493 e. The number of rotatable bonds is 3. The summed E-state index contributed by atoms with van der Waals surface area (Å²) < 4.78 is 5.60. The van der Waals surface area contributed by atoms with Crippen LogP contribution < -0.4 is 10.1 Å². The van der Waals surface area contributed by atoms with E-state index in [-0.39, 0.29) is 23.8 Å². The van der Waals surface area contributed by atoms with E-state index in [2.05, 4.69) is 5.32 Å². The van der Waals surface area contributed by atoms with Gasteiger partial charge in [-0.3, -0.25) is 9.59 Å². The number of hydrogen-bond donors (Lipinski definition) is 2. The van der Waals surface area contributed by atoms with E-state index >= 15 is 0 Å². The van der Waals surface area contributed by atoms with Crippen LogP contribution in [0, 0.1) is 11.8 Å². The van der Waals surface area contributed by atoms with Crippen molar-refractivity contribution in [2.24, 2.45) is 11.8 Å². The van der Waals surface area contributed by atoms with E-state index in [0.717, 1.165) is 30.6 Å². The maximum Gasteiger partial charge on any atom is 0.306 e. The lowest BCUT2D eigenvalue weighted by molar-refractivity contribution is -0.144. The number of amides is 1. The second-order valence-electron chi connectivity index (χ2n) is 6.13. The molecule has 0 spiro atoms. The summed E-state index contributed by atoms with van der Waals surface area (Å²) in [6.07, 6.45) is 3.46. The van der Waals surface area contributed by atoms with E-state index < -0.39 is 5.97 Å². The topological polar surface area (TPSA) is 75.6 Å². The molecule has 2 aliphatic rings.